The maximum atomic E-state index is 2.42. The Morgan fingerprint density at radius 3 is 0.929 bits per heavy atom. The topological polar surface area (TPSA) is 6.48 Å². The molecular formula is C40H32N2. The van der Waals surface area contributed by atoms with Crippen LogP contribution in [0.15, 0.2) is 158 Å². The summed E-state index contributed by atoms with van der Waals surface area (Å²) in [6.07, 6.45) is 0. The van der Waals surface area contributed by atoms with E-state index in [0.29, 0.717) is 0 Å². The van der Waals surface area contributed by atoms with E-state index in [4.69, 9.17) is 0 Å². The monoisotopic (exact) mass is 540 g/mol. The molecule has 0 radical (unpaired) electrons. The minimum atomic E-state index is 1.11. The molecule has 2 nitrogen and oxygen atoms in total. The molecule has 0 N–H and O–H groups in total. The Bertz CT molecular complexity index is 1830. The highest BCUT2D eigenvalue weighted by Gasteiger charge is 2.27. The summed E-state index contributed by atoms with van der Waals surface area (Å²) in [5, 5.41) is 4.86. The molecule has 202 valence electrons. The van der Waals surface area contributed by atoms with Crippen molar-refractivity contribution in [3.8, 4) is 0 Å². The quantitative estimate of drug-likeness (QED) is 0.153. The van der Waals surface area contributed by atoms with Gasteiger partial charge in [0.05, 0.1) is 11.4 Å². The van der Waals surface area contributed by atoms with Crippen molar-refractivity contribution in [3.05, 3.63) is 169 Å². The molecule has 42 heavy (non-hydrogen) atoms. The molecule has 0 saturated heterocycles. The van der Waals surface area contributed by atoms with Crippen molar-refractivity contribution < 1.29 is 0 Å². The molecule has 0 bridgehead atoms. The van der Waals surface area contributed by atoms with E-state index in [1.807, 2.05) is 0 Å². The maximum Gasteiger partial charge on any atom is 0.0788 e. The molecule has 0 spiro atoms. The first-order valence-corrected chi connectivity index (χ1v) is 14.5. The number of para-hydroxylation sites is 2. The van der Waals surface area contributed by atoms with Gasteiger partial charge in [0.15, 0.2) is 0 Å². The fourth-order valence-corrected chi connectivity index (χ4v) is 5.91. The minimum absolute atomic E-state index is 1.11. The van der Waals surface area contributed by atoms with E-state index in [-0.39, 0.29) is 0 Å². The predicted octanol–water partition coefficient (Wildman–Crippen LogP) is 11.5. The largest absolute Gasteiger partial charge is 0.308 e. The van der Waals surface area contributed by atoms with Crippen molar-refractivity contribution in [2.24, 2.45) is 0 Å². The van der Waals surface area contributed by atoms with Gasteiger partial charge in [-0.15, -0.1) is 0 Å². The lowest BCUT2D eigenvalue weighted by Gasteiger charge is -2.35. The van der Waals surface area contributed by atoms with E-state index in [2.05, 4.69) is 181 Å². The van der Waals surface area contributed by atoms with Crippen molar-refractivity contribution >= 4 is 55.7 Å². The van der Waals surface area contributed by atoms with Crippen LogP contribution in [0.2, 0.25) is 0 Å². The number of anilines is 6. The van der Waals surface area contributed by atoms with Crippen LogP contribution in [0, 0.1) is 13.8 Å². The van der Waals surface area contributed by atoms with Gasteiger partial charge in [0.25, 0.3) is 0 Å². The molecule has 7 rings (SSSR count). The van der Waals surface area contributed by atoms with Crippen LogP contribution >= 0.6 is 0 Å². The molecule has 7 aromatic carbocycles. The lowest BCUT2D eigenvalue weighted by Crippen LogP contribution is -2.18. The Labute approximate surface area is 247 Å². The summed E-state index contributed by atoms with van der Waals surface area (Å²) in [7, 11) is 0. The molecule has 0 aliphatic carbocycles. The van der Waals surface area contributed by atoms with E-state index in [1.54, 1.807) is 0 Å². The lowest BCUT2D eigenvalue weighted by atomic mass is 9.95. The number of hydrogen-bond donors (Lipinski definition) is 0. The van der Waals surface area contributed by atoms with Crippen LogP contribution in [0.5, 0.6) is 0 Å². The third-order valence-corrected chi connectivity index (χ3v) is 7.94. The van der Waals surface area contributed by atoms with Crippen molar-refractivity contribution in [1.29, 1.82) is 0 Å². The number of aryl methyl sites for hydroxylation is 2. The average Bonchev–Trinajstić information content (AvgIpc) is 3.05. The van der Waals surface area contributed by atoms with Gasteiger partial charge < -0.3 is 9.80 Å². The summed E-state index contributed by atoms with van der Waals surface area (Å²) in [6.45, 7) is 4.28. The van der Waals surface area contributed by atoms with Gasteiger partial charge in [0.2, 0.25) is 0 Å². The van der Waals surface area contributed by atoms with Crippen molar-refractivity contribution in [2.45, 2.75) is 13.8 Å². The molecule has 0 heterocycles. The molecule has 0 atom stereocenters. The smallest absolute Gasteiger partial charge is 0.0788 e. The fourth-order valence-electron chi connectivity index (χ4n) is 5.91. The SMILES string of the molecule is Cc1ccc(N(c2ccccc2)c2c(N(c3ccccc3)c3ccc(C)cc3)c3ccccc3c3ccccc23)cc1. The first kappa shape index (κ1) is 25.6. The van der Waals surface area contributed by atoms with Crippen LogP contribution in [-0.4, -0.2) is 0 Å². The molecule has 2 heteroatoms. The Hall–Kier alpha value is -5.34. The predicted molar refractivity (Wildman–Crippen MR) is 180 cm³/mol. The Morgan fingerprint density at radius 2 is 0.571 bits per heavy atom. The van der Waals surface area contributed by atoms with Gasteiger partial charge in [-0.3, -0.25) is 0 Å². The van der Waals surface area contributed by atoms with Crippen LogP contribution in [0.1, 0.15) is 11.1 Å². The van der Waals surface area contributed by atoms with E-state index in [0.717, 1.165) is 34.1 Å². The highest BCUT2D eigenvalue weighted by atomic mass is 15.2. The molecule has 0 aromatic heterocycles. The van der Waals surface area contributed by atoms with Crippen LogP contribution in [0.3, 0.4) is 0 Å². The van der Waals surface area contributed by atoms with Gasteiger partial charge in [0, 0.05) is 33.5 Å². The van der Waals surface area contributed by atoms with Crippen LogP contribution in [0.4, 0.5) is 34.1 Å². The van der Waals surface area contributed by atoms with Crippen LogP contribution in [-0.2, 0) is 0 Å². The Kier molecular flexibility index (Phi) is 6.65. The summed E-state index contributed by atoms with van der Waals surface area (Å²) < 4.78 is 0. The minimum Gasteiger partial charge on any atom is -0.308 e. The van der Waals surface area contributed by atoms with E-state index >= 15 is 0 Å². The highest BCUT2D eigenvalue weighted by molar-refractivity contribution is 6.23. The van der Waals surface area contributed by atoms with Crippen LogP contribution < -0.4 is 9.80 Å². The zero-order valence-electron chi connectivity index (χ0n) is 23.9. The zero-order valence-corrected chi connectivity index (χ0v) is 23.9. The number of hydrogen-bond acceptors (Lipinski definition) is 2. The third-order valence-electron chi connectivity index (χ3n) is 7.94. The van der Waals surface area contributed by atoms with E-state index < -0.39 is 0 Å². The second-order valence-electron chi connectivity index (χ2n) is 10.8. The zero-order chi connectivity index (χ0) is 28.5. The van der Waals surface area contributed by atoms with Crippen LogP contribution in [0.25, 0.3) is 21.5 Å². The molecule has 0 amide bonds. The maximum absolute atomic E-state index is 2.42. The molecule has 0 fully saturated rings. The first-order valence-electron chi connectivity index (χ1n) is 14.5. The van der Waals surface area contributed by atoms with Gasteiger partial charge in [0.1, 0.15) is 0 Å². The molecule has 0 saturated carbocycles. The normalized spacial score (nSPS) is 11.1. The summed E-state index contributed by atoms with van der Waals surface area (Å²) in [5.41, 5.74) is 9.21. The van der Waals surface area contributed by atoms with Crippen molar-refractivity contribution in [2.75, 3.05) is 9.80 Å². The van der Waals surface area contributed by atoms with Gasteiger partial charge >= 0.3 is 0 Å². The summed E-state index contributed by atoms with van der Waals surface area (Å²) >= 11 is 0. The third kappa shape index (κ3) is 4.57. The van der Waals surface area contributed by atoms with Gasteiger partial charge in [-0.25, -0.2) is 0 Å². The molecular weight excluding hydrogens is 508 g/mol. The fraction of sp³-hybridized carbons (Fsp3) is 0.0500. The lowest BCUT2D eigenvalue weighted by molar-refractivity contribution is 1.24. The highest BCUT2D eigenvalue weighted by Crippen LogP contribution is 2.52. The number of nitrogens with zero attached hydrogens (tertiary/aromatic N) is 2. The van der Waals surface area contributed by atoms with Crippen molar-refractivity contribution in [3.63, 3.8) is 0 Å². The van der Waals surface area contributed by atoms with E-state index in [9.17, 15) is 0 Å². The standard InChI is InChI=1S/C40H32N2/c1-29-21-25-33(26-22-29)41(31-13-5-3-6-14-31)39-37-19-11-9-17-35(37)36-18-10-12-20-38(36)40(39)42(32-15-7-4-8-16-32)34-27-23-30(2)24-28-34/h3-28H,1-2H3. The molecule has 0 unspecified atom stereocenters. The molecule has 0 aliphatic heterocycles. The number of benzene rings is 7. The first-order chi connectivity index (χ1) is 20.7. The summed E-state index contributed by atoms with van der Waals surface area (Å²) in [6, 6.07) is 56.8. The Balaban J connectivity index is 1.68. The second-order valence-corrected chi connectivity index (χ2v) is 10.8. The van der Waals surface area contributed by atoms with Gasteiger partial charge in [-0.05, 0) is 73.2 Å². The summed E-state index contributed by atoms with van der Waals surface area (Å²) in [5.74, 6) is 0. The summed E-state index contributed by atoms with van der Waals surface area (Å²) in [4.78, 5) is 4.85. The van der Waals surface area contributed by atoms with E-state index in [1.165, 1.54) is 32.7 Å². The molecule has 7 aromatic rings. The van der Waals surface area contributed by atoms with Gasteiger partial charge in [-0.2, -0.15) is 0 Å². The van der Waals surface area contributed by atoms with Gasteiger partial charge in [-0.1, -0.05) is 120 Å². The Morgan fingerprint density at radius 1 is 0.286 bits per heavy atom. The second kappa shape index (κ2) is 10.9. The molecule has 0 aliphatic rings. The van der Waals surface area contributed by atoms with Crippen molar-refractivity contribution in [1.82, 2.24) is 0 Å². The number of fused-ring (bicyclic) bond motifs is 3. The number of rotatable bonds is 6. The average molecular weight is 541 g/mol.